The van der Waals surface area contributed by atoms with Gasteiger partial charge in [-0.2, -0.15) is 0 Å². The lowest BCUT2D eigenvalue weighted by Gasteiger charge is -2.11. The van der Waals surface area contributed by atoms with Crippen LogP contribution in [-0.2, 0) is 4.74 Å². The molecule has 0 unspecified atom stereocenters. The second kappa shape index (κ2) is 8.89. The Balaban J connectivity index is 2.36. The van der Waals surface area contributed by atoms with E-state index in [2.05, 4.69) is 5.32 Å². The van der Waals surface area contributed by atoms with Gasteiger partial charge >= 0.3 is 6.09 Å². The van der Waals surface area contributed by atoms with Gasteiger partial charge in [-0.15, -0.1) is 0 Å². The third-order valence-electron chi connectivity index (χ3n) is 2.68. The van der Waals surface area contributed by atoms with E-state index >= 15 is 0 Å². The molecule has 0 atom stereocenters. The highest BCUT2D eigenvalue weighted by Crippen LogP contribution is 2.22. The molecule has 1 aromatic rings. The van der Waals surface area contributed by atoms with Crippen molar-refractivity contribution in [2.24, 2.45) is 0 Å². The van der Waals surface area contributed by atoms with Crippen molar-refractivity contribution >= 4 is 12.4 Å². The van der Waals surface area contributed by atoms with Crippen molar-refractivity contribution in [1.82, 2.24) is 5.32 Å². The van der Waals surface area contributed by atoms with Crippen LogP contribution in [0.3, 0.4) is 0 Å². The number of carbonyl (C=O) groups is 2. The maximum atomic E-state index is 13.3. The predicted molar refractivity (Wildman–Crippen MR) is 72.0 cm³/mol. The summed E-state index contributed by atoms with van der Waals surface area (Å²) in [6, 6.07) is 2.54. The monoisotopic (exact) mass is 301 g/mol. The lowest BCUT2D eigenvalue weighted by molar-refractivity contribution is 0.111. The Morgan fingerprint density at radius 2 is 2.14 bits per heavy atom. The normalized spacial score (nSPS) is 10.0. The first-order valence-electron chi connectivity index (χ1n) is 6.43. The van der Waals surface area contributed by atoms with Crippen molar-refractivity contribution in [3.63, 3.8) is 0 Å². The molecule has 0 radical (unpaired) electrons. The maximum Gasteiger partial charge on any atom is 0.407 e. The van der Waals surface area contributed by atoms with Crippen LogP contribution in [0.15, 0.2) is 12.1 Å². The molecule has 0 aromatic heterocycles. The van der Waals surface area contributed by atoms with E-state index in [9.17, 15) is 18.4 Å². The zero-order chi connectivity index (χ0) is 15.7. The maximum absolute atomic E-state index is 13.3. The summed E-state index contributed by atoms with van der Waals surface area (Å²) in [5, 5.41) is 2.37. The molecule has 0 fully saturated rings. The first kappa shape index (κ1) is 16.9. The van der Waals surface area contributed by atoms with Crippen molar-refractivity contribution in [2.75, 3.05) is 26.4 Å². The van der Waals surface area contributed by atoms with Crippen LogP contribution in [-0.4, -0.2) is 38.8 Å². The molecule has 1 aromatic carbocycles. The number of aldehydes is 1. The lowest BCUT2D eigenvalue weighted by atomic mass is 10.1. The molecule has 0 saturated heterocycles. The number of alkyl halides is 1. The number of hydrogen-bond donors (Lipinski definition) is 1. The lowest BCUT2D eigenvalue weighted by Crippen LogP contribution is -2.27. The number of ether oxygens (including phenoxy) is 2. The highest BCUT2D eigenvalue weighted by molar-refractivity contribution is 5.78. The van der Waals surface area contributed by atoms with E-state index in [-0.39, 0.29) is 31.7 Å². The Labute approximate surface area is 121 Å². The second-order valence-corrected chi connectivity index (χ2v) is 4.16. The van der Waals surface area contributed by atoms with Crippen LogP contribution in [0.2, 0.25) is 0 Å². The molecule has 0 spiro atoms. The Kier molecular flexibility index (Phi) is 7.14. The average Bonchev–Trinajstić information content (AvgIpc) is 2.46. The van der Waals surface area contributed by atoms with Crippen LogP contribution in [0.4, 0.5) is 13.6 Å². The Hall–Kier alpha value is -2.18. The third-order valence-corrected chi connectivity index (χ3v) is 2.68. The van der Waals surface area contributed by atoms with Crippen LogP contribution in [0.1, 0.15) is 22.3 Å². The molecule has 0 aliphatic rings. The Morgan fingerprint density at radius 1 is 1.38 bits per heavy atom. The van der Waals surface area contributed by atoms with E-state index in [1.54, 1.807) is 6.92 Å². The summed E-state index contributed by atoms with van der Waals surface area (Å²) in [6.45, 7) is 1.30. The van der Waals surface area contributed by atoms with Crippen LogP contribution in [0.25, 0.3) is 0 Å². The van der Waals surface area contributed by atoms with Crippen molar-refractivity contribution in [3.8, 4) is 5.75 Å². The van der Waals surface area contributed by atoms with Crippen molar-refractivity contribution < 1.29 is 27.8 Å². The van der Waals surface area contributed by atoms with Gasteiger partial charge in [-0.05, 0) is 25.5 Å². The second-order valence-electron chi connectivity index (χ2n) is 4.16. The molecular formula is C14H17F2NO4. The van der Waals surface area contributed by atoms with Gasteiger partial charge < -0.3 is 14.8 Å². The van der Waals surface area contributed by atoms with Gasteiger partial charge in [0.15, 0.2) is 6.29 Å². The zero-order valence-corrected chi connectivity index (χ0v) is 11.7. The van der Waals surface area contributed by atoms with E-state index in [1.807, 2.05) is 0 Å². The van der Waals surface area contributed by atoms with Crippen molar-refractivity contribution in [3.05, 3.63) is 29.1 Å². The topological polar surface area (TPSA) is 64.6 Å². The minimum Gasteiger partial charge on any atom is -0.490 e. The van der Waals surface area contributed by atoms with Crippen LogP contribution in [0, 0.1) is 12.7 Å². The molecule has 0 saturated carbocycles. The van der Waals surface area contributed by atoms with Crippen molar-refractivity contribution in [1.29, 1.82) is 0 Å². The number of alkyl carbamates (subject to hydrolysis) is 1. The van der Waals surface area contributed by atoms with E-state index in [0.29, 0.717) is 17.6 Å². The fourth-order valence-corrected chi connectivity index (χ4v) is 1.57. The molecule has 7 heteroatoms. The fraction of sp³-hybridized carbons (Fsp3) is 0.429. The highest BCUT2D eigenvalue weighted by Gasteiger charge is 2.10. The minimum absolute atomic E-state index is 0.0191. The third kappa shape index (κ3) is 5.37. The van der Waals surface area contributed by atoms with E-state index in [4.69, 9.17) is 9.47 Å². The van der Waals surface area contributed by atoms with Gasteiger partial charge in [0.05, 0.1) is 12.2 Å². The summed E-state index contributed by atoms with van der Waals surface area (Å²) >= 11 is 0. The van der Waals surface area contributed by atoms with Gasteiger partial charge in [-0.25, -0.2) is 9.18 Å². The summed E-state index contributed by atoms with van der Waals surface area (Å²) in [6.07, 6.45) is -0.00210. The predicted octanol–water partition coefficient (Wildman–Crippen LogP) is 2.41. The average molecular weight is 301 g/mol. The smallest absolute Gasteiger partial charge is 0.407 e. The first-order chi connectivity index (χ1) is 10.1. The summed E-state index contributed by atoms with van der Waals surface area (Å²) in [5.74, 6) is -0.265. The summed E-state index contributed by atoms with van der Waals surface area (Å²) in [4.78, 5) is 21.9. The van der Waals surface area contributed by atoms with Gasteiger partial charge in [0.1, 0.15) is 24.8 Å². The number of amides is 1. The minimum atomic E-state index is -0.656. The number of hydrogen-bond acceptors (Lipinski definition) is 4. The van der Waals surface area contributed by atoms with Gasteiger partial charge in [0.2, 0.25) is 0 Å². The Bertz CT molecular complexity index is 494. The molecule has 0 heterocycles. The van der Waals surface area contributed by atoms with Crippen molar-refractivity contribution in [2.45, 2.75) is 13.3 Å². The first-order valence-corrected chi connectivity index (χ1v) is 6.43. The molecule has 0 aliphatic heterocycles. The zero-order valence-electron chi connectivity index (χ0n) is 11.7. The molecular weight excluding hydrogens is 284 g/mol. The molecule has 0 aliphatic carbocycles. The molecule has 21 heavy (non-hydrogen) atoms. The summed E-state index contributed by atoms with van der Waals surface area (Å²) in [7, 11) is 0. The van der Waals surface area contributed by atoms with E-state index < -0.39 is 18.6 Å². The molecule has 1 amide bonds. The van der Waals surface area contributed by atoms with Gasteiger partial charge in [0, 0.05) is 12.1 Å². The number of rotatable bonds is 8. The molecule has 0 bridgehead atoms. The number of benzene rings is 1. The number of carbonyl (C=O) groups excluding carboxylic acids is 2. The summed E-state index contributed by atoms with van der Waals surface area (Å²) < 4.78 is 35.2. The van der Waals surface area contributed by atoms with Crippen LogP contribution in [0.5, 0.6) is 5.75 Å². The van der Waals surface area contributed by atoms with Gasteiger partial charge in [-0.3, -0.25) is 9.18 Å². The number of halogens is 2. The Morgan fingerprint density at radius 3 is 2.81 bits per heavy atom. The van der Waals surface area contributed by atoms with Crippen LogP contribution >= 0.6 is 0 Å². The quantitative estimate of drug-likeness (QED) is 0.591. The van der Waals surface area contributed by atoms with Crippen LogP contribution < -0.4 is 10.1 Å². The largest absolute Gasteiger partial charge is 0.490 e. The molecule has 116 valence electrons. The van der Waals surface area contributed by atoms with E-state index in [1.165, 1.54) is 6.07 Å². The fourth-order valence-electron chi connectivity index (χ4n) is 1.57. The summed E-state index contributed by atoms with van der Waals surface area (Å²) in [5.41, 5.74) is 0.329. The molecule has 5 nitrogen and oxygen atoms in total. The van der Waals surface area contributed by atoms with E-state index in [0.717, 1.165) is 6.07 Å². The highest BCUT2D eigenvalue weighted by atomic mass is 19.1. The van der Waals surface area contributed by atoms with Gasteiger partial charge in [-0.1, -0.05) is 0 Å². The molecule has 1 N–H and O–H groups in total. The standard InChI is InChI=1S/C14H17F2NO4/c1-10-11(9-18)12(16)3-4-13(10)20-7-8-21-14(19)17-6-2-5-15/h3-4,9H,2,5-8H2,1H3,(H,17,19). The number of nitrogens with one attached hydrogen (secondary N) is 1. The van der Waals surface area contributed by atoms with Gasteiger partial charge in [0.25, 0.3) is 0 Å². The molecule has 1 rings (SSSR count). The SMILES string of the molecule is Cc1c(OCCOC(=O)NCCCF)ccc(F)c1C=O.